The molecule has 98 valence electrons. The van der Waals surface area contributed by atoms with Crippen molar-refractivity contribution in [3.8, 4) is 0 Å². The van der Waals surface area contributed by atoms with E-state index < -0.39 is 5.97 Å². The molecular formula is C14H30O2. The minimum atomic E-state index is -0.657. The summed E-state index contributed by atoms with van der Waals surface area (Å²) >= 11 is 0. The normalized spacial score (nSPS) is 10.6. The van der Waals surface area contributed by atoms with E-state index in [0.717, 1.165) is 12.8 Å². The Balaban J connectivity index is 0. The first-order valence-electron chi connectivity index (χ1n) is 6.99. The Morgan fingerprint density at radius 1 is 0.812 bits per heavy atom. The highest BCUT2D eigenvalue weighted by Gasteiger charge is 1.96. The van der Waals surface area contributed by atoms with E-state index in [-0.39, 0.29) is 1.43 Å². The van der Waals surface area contributed by atoms with E-state index in [4.69, 9.17) is 5.11 Å². The van der Waals surface area contributed by atoms with Gasteiger partial charge in [-0.25, -0.2) is 0 Å². The van der Waals surface area contributed by atoms with Crippen molar-refractivity contribution < 1.29 is 11.3 Å². The molecule has 0 aromatic heterocycles. The van der Waals surface area contributed by atoms with E-state index in [9.17, 15) is 4.79 Å². The van der Waals surface area contributed by atoms with E-state index >= 15 is 0 Å². The molecular weight excluding hydrogens is 200 g/mol. The van der Waals surface area contributed by atoms with Gasteiger partial charge in [-0.3, -0.25) is 4.79 Å². The van der Waals surface area contributed by atoms with Crippen LogP contribution in [0.2, 0.25) is 0 Å². The van der Waals surface area contributed by atoms with Gasteiger partial charge in [0.1, 0.15) is 0 Å². The Kier molecular flexibility index (Phi) is 12.1. The first-order valence-corrected chi connectivity index (χ1v) is 6.99. The van der Waals surface area contributed by atoms with Crippen molar-refractivity contribution in [2.45, 2.75) is 84.0 Å². The topological polar surface area (TPSA) is 37.3 Å². The highest BCUT2D eigenvalue weighted by atomic mass is 16.4. The zero-order valence-electron chi connectivity index (χ0n) is 10.8. The van der Waals surface area contributed by atoms with Crippen molar-refractivity contribution in [1.82, 2.24) is 0 Å². The molecule has 0 rings (SSSR count). The minimum Gasteiger partial charge on any atom is -0.481 e. The van der Waals surface area contributed by atoms with Crippen molar-refractivity contribution in [1.29, 1.82) is 0 Å². The summed E-state index contributed by atoms with van der Waals surface area (Å²) in [6, 6.07) is 0. The number of unbranched alkanes of at least 4 members (excludes halogenated alkanes) is 10. The number of hydrogen-bond donors (Lipinski definition) is 1. The zero-order chi connectivity index (χ0) is 12.1. The van der Waals surface area contributed by atoms with Crippen LogP contribution in [0.25, 0.3) is 0 Å². The van der Waals surface area contributed by atoms with E-state index in [2.05, 4.69) is 6.92 Å². The molecule has 2 heteroatoms. The van der Waals surface area contributed by atoms with Gasteiger partial charge in [-0.05, 0) is 6.42 Å². The van der Waals surface area contributed by atoms with Crippen molar-refractivity contribution in [2.75, 3.05) is 0 Å². The Labute approximate surface area is 102 Å². The molecule has 0 aromatic rings. The molecule has 0 unspecified atom stereocenters. The molecule has 1 N–H and O–H groups in total. The van der Waals surface area contributed by atoms with Gasteiger partial charge in [-0.2, -0.15) is 0 Å². The molecule has 0 atom stereocenters. The first-order chi connectivity index (χ1) is 7.77. The van der Waals surface area contributed by atoms with Crippen molar-refractivity contribution in [3.05, 3.63) is 0 Å². The van der Waals surface area contributed by atoms with Crippen LogP contribution in [0.5, 0.6) is 0 Å². The maximum Gasteiger partial charge on any atom is 0.303 e. The minimum absolute atomic E-state index is 0. The van der Waals surface area contributed by atoms with Crippen LogP contribution in [0.15, 0.2) is 0 Å². The Hall–Kier alpha value is -0.530. The third kappa shape index (κ3) is 13.5. The largest absolute Gasteiger partial charge is 0.481 e. The summed E-state index contributed by atoms with van der Waals surface area (Å²) in [4.78, 5) is 10.3. The number of carboxylic acid groups (broad SMARTS) is 1. The first kappa shape index (κ1) is 15.5. The van der Waals surface area contributed by atoms with Crippen LogP contribution in [0.1, 0.15) is 85.4 Å². The lowest BCUT2D eigenvalue weighted by Crippen LogP contribution is -1.93. The number of carbonyl (C=O) groups is 1. The fourth-order valence-corrected chi connectivity index (χ4v) is 1.94. The quantitative estimate of drug-likeness (QED) is 0.478. The van der Waals surface area contributed by atoms with Crippen molar-refractivity contribution in [2.24, 2.45) is 0 Å². The van der Waals surface area contributed by atoms with E-state index in [0.29, 0.717) is 6.42 Å². The molecule has 0 fully saturated rings. The van der Waals surface area contributed by atoms with Gasteiger partial charge in [-0.15, -0.1) is 0 Å². The Morgan fingerprint density at radius 2 is 1.19 bits per heavy atom. The summed E-state index contributed by atoms with van der Waals surface area (Å²) in [6.07, 6.45) is 14.4. The molecule has 0 bridgehead atoms. The van der Waals surface area contributed by atoms with E-state index in [1.807, 2.05) is 0 Å². The average molecular weight is 230 g/mol. The molecule has 0 amide bonds. The predicted molar refractivity (Wildman–Crippen MR) is 70.8 cm³/mol. The molecule has 0 spiro atoms. The monoisotopic (exact) mass is 230 g/mol. The molecule has 0 saturated carbocycles. The summed E-state index contributed by atoms with van der Waals surface area (Å²) in [5.41, 5.74) is 0. The molecule has 0 saturated heterocycles. The molecule has 2 nitrogen and oxygen atoms in total. The number of aliphatic carboxylic acids is 1. The summed E-state index contributed by atoms with van der Waals surface area (Å²) in [6.45, 7) is 2.25. The van der Waals surface area contributed by atoms with E-state index in [1.165, 1.54) is 57.8 Å². The smallest absolute Gasteiger partial charge is 0.303 e. The maximum atomic E-state index is 10.3. The molecule has 0 aliphatic heterocycles. The lowest BCUT2D eigenvalue weighted by Gasteiger charge is -2.01. The van der Waals surface area contributed by atoms with Crippen LogP contribution >= 0.6 is 0 Å². The lowest BCUT2D eigenvalue weighted by molar-refractivity contribution is -0.137. The van der Waals surface area contributed by atoms with Crippen LogP contribution in [0, 0.1) is 0 Å². The highest BCUT2D eigenvalue weighted by Crippen LogP contribution is 2.11. The summed E-state index contributed by atoms with van der Waals surface area (Å²) in [7, 11) is 0. The van der Waals surface area contributed by atoms with E-state index in [1.54, 1.807) is 0 Å². The summed E-state index contributed by atoms with van der Waals surface area (Å²) < 4.78 is 0. The average Bonchev–Trinajstić information content (AvgIpc) is 2.25. The van der Waals surface area contributed by atoms with Gasteiger partial charge in [0, 0.05) is 7.85 Å². The van der Waals surface area contributed by atoms with Gasteiger partial charge in [-0.1, -0.05) is 71.1 Å². The second kappa shape index (κ2) is 12.5. The fourth-order valence-electron chi connectivity index (χ4n) is 1.94. The molecule has 0 aliphatic rings. The van der Waals surface area contributed by atoms with Crippen molar-refractivity contribution in [3.63, 3.8) is 0 Å². The molecule has 0 heterocycles. The summed E-state index contributed by atoms with van der Waals surface area (Å²) in [5, 5.41) is 8.46. The van der Waals surface area contributed by atoms with Gasteiger partial charge in [0.05, 0.1) is 0 Å². The number of rotatable bonds is 12. The third-order valence-corrected chi connectivity index (χ3v) is 2.99. The molecule has 0 aliphatic carbocycles. The van der Waals surface area contributed by atoms with Gasteiger partial charge in [0.15, 0.2) is 0 Å². The van der Waals surface area contributed by atoms with Crippen LogP contribution in [0.4, 0.5) is 0 Å². The SMILES string of the molecule is CCCCCCCCCCCCCC(=O)O.[HH]. The van der Waals surface area contributed by atoms with Crippen LogP contribution < -0.4 is 0 Å². The van der Waals surface area contributed by atoms with Gasteiger partial charge < -0.3 is 5.11 Å². The summed E-state index contributed by atoms with van der Waals surface area (Å²) in [5.74, 6) is -0.657. The molecule has 16 heavy (non-hydrogen) atoms. The third-order valence-electron chi connectivity index (χ3n) is 2.99. The second-order valence-corrected chi connectivity index (χ2v) is 4.68. The van der Waals surface area contributed by atoms with Crippen molar-refractivity contribution >= 4 is 5.97 Å². The zero-order valence-corrected chi connectivity index (χ0v) is 10.8. The lowest BCUT2D eigenvalue weighted by atomic mass is 10.1. The Morgan fingerprint density at radius 3 is 1.56 bits per heavy atom. The maximum absolute atomic E-state index is 10.3. The number of hydrogen-bond acceptors (Lipinski definition) is 1. The van der Waals surface area contributed by atoms with Crippen LogP contribution in [0.3, 0.4) is 0 Å². The van der Waals surface area contributed by atoms with Gasteiger partial charge in [0.2, 0.25) is 0 Å². The van der Waals surface area contributed by atoms with Crippen LogP contribution in [-0.2, 0) is 4.79 Å². The number of carboxylic acids is 1. The molecule has 0 radical (unpaired) electrons. The fraction of sp³-hybridized carbons (Fsp3) is 0.929. The van der Waals surface area contributed by atoms with Gasteiger partial charge >= 0.3 is 5.97 Å². The second-order valence-electron chi connectivity index (χ2n) is 4.68. The standard InChI is InChI=1S/C14H28O2.H2/c1-2-3-4-5-6-7-8-9-10-11-12-13-14(15)16;/h2-13H2,1H3,(H,15,16);1H. The molecule has 0 aromatic carbocycles. The van der Waals surface area contributed by atoms with Gasteiger partial charge in [0.25, 0.3) is 0 Å². The highest BCUT2D eigenvalue weighted by molar-refractivity contribution is 5.66. The van der Waals surface area contributed by atoms with Crippen LogP contribution in [-0.4, -0.2) is 11.1 Å². The predicted octanol–water partition coefficient (Wildman–Crippen LogP) is 5.02. The Bertz CT molecular complexity index is 160.